The van der Waals surface area contributed by atoms with Gasteiger partial charge in [-0.15, -0.1) is 0 Å². The van der Waals surface area contributed by atoms with E-state index in [0.29, 0.717) is 28.6 Å². The van der Waals surface area contributed by atoms with Gasteiger partial charge in [-0.25, -0.2) is 4.79 Å². The Labute approximate surface area is 244 Å². The minimum atomic E-state index is -3.71. The van der Waals surface area contributed by atoms with Gasteiger partial charge >= 0.3 is 12.0 Å². The molecule has 40 heavy (non-hydrogen) atoms. The molecule has 5 atom stereocenters. The van der Waals surface area contributed by atoms with Crippen molar-refractivity contribution in [2.24, 2.45) is 5.92 Å². The molecular formula is C25H35Cl2N5O7S. The van der Waals surface area contributed by atoms with Gasteiger partial charge in [0.05, 0.1) is 42.0 Å². The number of halogens is 2. The monoisotopic (exact) mass is 619 g/mol. The molecule has 0 spiro atoms. The van der Waals surface area contributed by atoms with E-state index in [0.717, 1.165) is 30.4 Å². The van der Waals surface area contributed by atoms with Crippen LogP contribution in [0.15, 0.2) is 18.2 Å². The fourth-order valence-corrected chi connectivity index (χ4v) is 6.26. The van der Waals surface area contributed by atoms with Crippen LogP contribution in [-0.2, 0) is 35.2 Å². The second-order valence-electron chi connectivity index (χ2n) is 10.3. The Morgan fingerprint density at radius 3 is 2.62 bits per heavy atom. The number of esters is 1. The van der Waals surface area contributed by atoms with Crippen LogP contribution >= 0.6 is 23.2 Å². The van der Waals surface area contributed by atoms with Gasteiger partial charge in [-0.1, -0.05) is 35.7 Å². The van der Waals surface area contributed by atoms with E-state index < -0.39 is 40.6 Å². The van der Waals surface area contributed by atoms with Crippen LogP contribution in [0.2, 0.25) is 10.0 Å². The molecule has 1 aromatic carbocycles. The Bertz CT molecular complexity index is 1240. The van der Waals surface area contributed by atoms with Gasteiger partial charge in [0.2, 0.25) is 0 Å². The number of benzene rings is 1. The van der Waals surface area contributed by atoms with Crippen LogP contribution in [-0.4, -0.2) is 98.6 Å². The molecule has 0 aromatic heterocycles. The van der Waals surface area contributed by atoms with E-state index in [4.69, 9.17) is 32.1 Å². The molecule has 15 heteroatoms. The lowest BCUT2D eigenvalue weighted by atomic mass is 9.85. The van der Waals surface area contributed by atoms with Gasteiger partial charge in [0, 0.05) is 19.6 Å². The molecule has 222 valence electrons. The van der Waals surface area contributed by atoms with Gasteiger partial charge in [-0.05, 0) is 43.9 Å². The van der Waals surface area contributed by atoms with Crippen LogP contribution in [0, 0.1) is 5.92 Å². The maximum atomic E-state index is 13.8. The topological polar surface area (TPSA) is 138 Å². The molecule has 3 aliphatic rings. The number of hydrogen-bond acceptors (Lipinski definition) is 10. The number of ether oxygens (including phenoxy) is 1. The molecule has 4 rings (SSSR count). The molecule has 12 nitrogen and oxygen atoms in total. The van der Waals surface area contributed by atoms with E-state index in [2.05, 4.69) is 10.6 Å². The number of likely N-dealkylation sites (N-methyl/N-ethyl adjacent to an activating group) is 1. The maximum Gasteiger partial charge on any atom is 0.328 e. The van der Waals surface area contributed by atoms with Crippen molar-refractivity contribution in [2.75, 3.05) is 33.1 Å². The quantitative estimate of drug-likeness (QED) is 0.295. The number of carbonyl (C=O) groups excluding carboxylic acids is 3. The van der Waals surface area contributed by atoms with Crippen molar-refractivity contribution in [1.82, 2.24) is 25.3 Å². The zero-order chi connectivity index (χ0) is 29.2. The number of nitrogens with one attached hydrogen (secondary N) is 2. The van der Waals surface area contributed by atoms with E-state index in [-0.39, 0.29) is 37.6 Å². The molecular weight excluding hydrogens is 585 g/mol. The number of urea groups is 1. The lowest BCUT2D eigenvalue weighted by molar-refractivity contribution is -0.149. The minimum Gasteiger partial charge on any atom is -0.466 e. The van der Waals surface area contributed by atoms with Crippen LogP contribution in [0.25, 0.3) is 0 Å². The standard InChI is InChI=1S/C25H35Cl2N5O7S/c1-4-38-23(34)16-6-5-7-17(13-16)28-24-29-21-20(31(24)10-11-39-40(3,36)37)22(33)32(25(35)30(21)2)14-15-8-9-18(26)19(27)12-15/h8-9,12,16-17,20-21,24,28-29H,4-7,10-11,13-14H2,1-3H3. The number of fused-ring (bicyclic) bond motifs is 1. The first-order valence-corrected chi connectivity index (χ1v) is 15.8. The first-order chi connectivity index (χ1) is 18.9. The third-order valence-electron chi connectivity index (χ3n) is 7.44. The van der Waals surface area contributed by atoms with Crippen molar-refractivity contribution in [1.29, 1.82) is 0 Å². The predicted molar refractivity (Wildman–Crippen MR) is 148 cm³/mol. The second kappa shape index (κ2) is 12.9. The van der Waals surface area contributed by atoms with Gasteiger partial charge in [0.15, 0.2) is 0 Å². The van der Waals surface area contributed by atoms with Crippen LogP contribution in [0.4, 0.5) is 4.79 Å². The van der Waals surface area contributed by atoms with Gasteiger partial charge in [-0.2, -0.15) is 8.42 Å². The molecule has 2 saturated heterocycles. The summed E-state index contributed by atoms with van der Waals surface area (Å²) in [6.07, 6.45) is 2.63. The van der Waals surface area contributed by atoms with Crippen molar-refractivity contribution < 1.29 is 31.7 Å². The molecule has 1 aromatic rings. The van der Waals surface area contributed by atoms with E-state index in [1.165, 1.54) is 4.90 Å². The Kier molecular flexibility index (Phi) is 9.97. The molecule has 2 N–H and O–H groups in total. The zero-order valence-electron chi connectivity index (χ0n) is 22.6. The number of carbonyl (C=O) groups is 3. The Morgan fingerprint density at radius 1 is 1.20 bits per heavy atom. The minimum absolute atomic E-state index is 0.0161. The number of hydrogen-bond donors (Lipinski definition) is 2. The molecule has 1 saturated carbocycles. The highest BCUT2D eigenvalue weighted by molar-refractivity contribution is 7.85. The van der Waals surface area contributed by atoms with E-state index in [1.807, 2.05) is 0 Å². The third kappa shape index (κ3) is 7.07. The summed E-state index contributed by atoms with van der Waals surface area (Å²) in [6.45, 7) is 1.97. The van der Waals surface area contributed by atoms with Crippen LogP contribution in [0.3, 0.4) is 0 Å². The normalized spacial score (nSPS) is 27.7. The number of imide groups is 1. The Balaban J connectivity index is 1.55. The average Bonchev–Trinajstić information content (AvgIpc) is 3.25. The molecule has 2 heterocycles. The molecule has 2 aliphatic heterocycles. The van der Waals surface area contributed by atoms with Crippen LogP contribution < -0.4 is 10.6 Å². The fraction of sp³-hybridized carbons (Fsp3) is 0.640. The van der Waals surface area contributed by atoms with E-state index >= 15 is 0 Å². The van der Waals surface area contributed by atoms with E-state index in [1.54, 1.807) is 37.1 Å². The molecule has 3 amide bonds. The van der Waals surface area contributed by atoms with Crippen molar-refractivity contribution in [2.45, 2.75) is 63.7 Å². The van der Waals surface area contributed by atoms with Crippen LogP contribution in [0.1, 0.15) is 38.2 Å². The average molecular weight is 621 g/mol. The maximum absolute atomic E-state index is 13.8. The largest absolute Gasteiger partial charge is 0.466 e. The van der Waals surface area contributed by atoms with Gasteiger partial charge in [0.25, 0.3) is 16.0 Å². The number of amides is 3. The summed E-state index contributed by atoms with van der Waals surface area (Å²) in [4.78, 5) is 43.9. The van der Waals surface area contributed by atoms with Crippen LogP contribution in [0.5, 0.6) is 0 Å². The summed E-state index contributed by atoms with van der Waals surface area (Å²) in [6, 6.07) is 3.52. The summed E-state index contributed by atoms with van der Waals surface area (Å²) in [5.41, 5.74) is 0.628. The van der Waals surface area contributed by atoms with E-state index in [9.17, 15) is 22.8 Å². The molecule has 3 fully saturated rings. The molecule has 0 radical (unpaired) electrons. The Hall–Kier alpha value is -2.00. The predicted octanol–water partition coefficient (Wildman–Crippen LogP) is 1.96. The highest BCUT2D eigenvalue weighted by Crippen LogP contribution is 2.31. The zero-order valence-corrected chi connectivity index (χ0v) is 25.0. The summed E-state index contributed by atoms with van der Waals surface area (Å²) in [5.74, 6) is -0.897. The lowest BCUT2D eigenvalue weighted by Gasteiger charge is -2.41. The first-order valence-electron chi connectivity index (χ1n) is 13.2. The smallest absolute Gasteiger partial charge is 0.328 e. The van der Waals surface area contributed by atoms with Crippen molar-refractivity contribution in [3.63, 3.8) is 0 Å². The SMILES string of the molecule is CCOC(=O)C1CCCC(NC2NC3C(C(=O)N(Cc4ccc(Cl)c(Cl)c4)C(=O)N3C)N2CCOS(C)(=O)=O)C1. The van der Waals surface area contributed by atoms with Gasteiger partial charge < -0.3 is 9.64 Å². The fourth-order valence-electron chi connectivity index (χ4n) is 5.57. The second-order valence-corrected chi connectivity index (χ2v) is 12.7. The third-order valence-corrected chi connectivity index (χ3v) is 8.78. The highest BCUT2D eigenvalue weighted by Gasteiger charge is 2.54. The summed E-state index contributed by atoms with van der Waals surface area (Å²) in [7, 11) is -2.10. The summed E-state index contributed by atoms with van der Waals surface area (Å²) >= 11 is 12.2. The van der Waals surface area contributed by atoms with Crippen molar-refractivity contribution >= 4 is 51.2 Å². The van der Waals surface area contributed by atoms with Gasteiger partial charge in [0.1, 0.15) is 18.5 Å². The van der Waals surface area contributed by atoms with Crippen molar-refractivity contribution in [3.05, 3.63) is 33.8 Å². The molecule has 5 unspecified atom stereocenters. The number of nitrogens with zero attached hydrogens (tertiary/aromatic N) is 3. The summed E-state index contributed by atoms with van der Waals surface area (Å²) in [5, 5.41) is 7.49. The Morgan fingerprint density at radius 2 is 1.95 bits per heavy atom. The first kappa shape index (κ1) is 30.9. The molecule has 0 bridgehead atoms. The highest BCUT2D eigenvalue weighted by atomic mass is 35.5. The summed E-state index contributed by atoms with van der Waals surface area (Å²) < 4.78 is 33.5. The van der Waals surface area contributed by atoms with Gasteiger partial charge in [-0.3, -0.25) is 34.2 Å². The van der Waals surface area contributed by atoms with Crippen molar-refractivity contribution in [3.8, 4) is 0 Å². The lowest BCUT2D eigenvalue weighted by Crippen LogP contribution is -2.66. The number of rotatable bonds is 10. The molecule has 1 aliphatic carbocycles.